The molecule has 0 bridgehead atoms. The molecule has 0 aliphatic rings. The van der Waals surface area contributed by atoms with Crippen molar-refractivity contribution in [3.05, 3.63) is 30.3 Å². The van der Waals surface area contributed by atoms with Crippen LogP contribution >= 0.6 is 0 Å². The van der Waals surface area contributed by atoms with E-state index in [1.54, 1.807) is 31.2 Å². The fourth-order valence-electron chi connectivity index (χ4n) is 2.29. The molecular formula is C18H31NaO6S. The van der Waals surface area contributed by atoms with E-state index in [0.717, 1.165) is 19.3 Å². The predicted molar refractivity (Wildman–Crippen MR) is 97.5 cm³/mol. The van der Waals surface area contributed by atoms with Gasteiger partial charge in [0, 0.05) is 6.92 Å². The molecule has 0 aliphatic heterocycles. The molecule has 146 valence electrons. The van der Waals surface area contributed by atoms with E-state index in [1.807, 2.05) is 6.07 Å². The Morgan fingerprint density at radius 3 is 2.23 bits per heavy atom. The quantitative estimate of drug-likeness (QED) is 0.269. The summed E-state index contributed by atoms with van der Waals surface area (Å²) in [4.78, 5) is 0. The van der Waals surface area contributed by atoms with Crippen LogP contribution in [0.3, 0.4) is 0 Å². The fraction of sp³-hybridized carbons (Fsp3) is 0.667. The number of unbranched alkanes of at least 4 members (excludes halogenated alkanes) is 5. The van der Waals surface area contributed by atoms with Crippen molar-refractivity contribution in [2.75, 3.05) is 13.2 Å². The number of benzene rings is 1. The first-order valence-corrected chi connectivity index (χ1v) is 10.2. The van der Waals surface area contributed by atoms with Gasteiger partial charge in [0.15, 0.2) is 0 Å². The molecule has 26 heavy (non-hydrogen) atoms. The third-order valence-corrected chi connectivity index (χ3v) is 4.39. The van der Waals surface area contributed by atoms with Crippen LogP contribution in [-0.2, 0) is 23.5 Å². The summed E-state index contributed by atoms with van der Waals surface area (Å²) >= 11 is 0. The normalized spacial score (nSPS) is 13.7. The van der Waals surface area contributed by atoms with Crippen LogP contribution in [-0.4, -0.2) is 27.6 Å². The van der Waals surface area contributed by atoms with Crippen LogP contribution in [0.2, 0.25) is 0 Å². The molecule has 6 nitrogen and oxygen atoms in total. The summed E-state index contributed by atoms with van der Waals surface area (Å²) < 4.78 is 44.9. The minimum atomic E-state index is -4.23. The summed E-state index contributed by atoms with van der Waals surface area (Å²) in [6.45, 7) is 5.58. The van der Waals surface area contributed by atoms with E-state index in [1.165, 1.54) is 19.8 Å². The first-order valence-electron chi connectivity index (χ1n) is 8.89. The summed E-state index contributed by atoms with van der Waals surface area (Å²) in [5.74, 6) is -1.35. The molecular weight excluding hydrogens is 367 g/mol. The second-order valence-electron chi connectivity index (χ2n) is 5.79. The Bertz CT molecular complexity index is 572. The Labute approximate surface area is 181 Å². The summed E-state index contributed by atoms with van der Waals surface area (Å²) in [5.41, 5.74) is 0. The molecule has 1 aromatic rings. The number of hydrogen-bond acceptors (Lipinski definition) is 6. The van der Waals surface area contributed by atoms with Crippen LogP contribution < -0.4 is 34.3 Å². The van der Waals surface area contributed by atoms with Gasteiger partial charge < -0.3 is 10.9 Å². The van der Waals surface area contributed by atoms with E-state index in [0.29, 0.717) is 12.2 Å². The fourth-order valence-corrected chi connectivity index (χ4v) is 3.11. The van der Waals surface area contributed by atoms with E-state index in [9.17, 15) is 8.42 Å². The molecule has 0 aliphatic carbocycles. The van der Waals surface area contributed by atoms with Crippen LogP contribution in [0.25, 0.3) is 0 Å². The summed E-state index contributed by atoms with van der Waals surface area (Å²) in [7, 11) is -4.23. The number of ether oxygens (including phenoxy) is 2. The summed E-state index contributed by atoms with van der Waals surface area (Å²) in [6.07, 6.45) is 6.21. The first kappa shape index (κ1) is 25.9. The van der Waals surface area contributed by atoms with Gasteiger partial charge in [-0.15, -0.1) is 0 Å². The molecule has 1 unspecified atom stereocenters. The summed E-state index contributed by atoms with van der Waals surface area (Å²) in [6, 6.07) is 8.73. The average Bonchev–Trinajstić information content (AvgIpc) is 2.54. The van der Waals surface area contributed by atoms with Gasteiger partial charge >= 0.3 is 45.9 Å². The minimum Gasteiger partial charge on any atom is -1.00 e. The van der Waals surface area contributed by atoms with Gasteiger partial charge in [0.05, 0.1) is 13.2 Å². The zero-order valence-corrected chi connectivity index (χ0v) is 19.2. The van der Waals surface area contributed by atoms with Crippen LogP contribution in [0.15, 0.2) is 30.3 Å². The third-order valence-electron chi connectivity index (χ3n) is 3.43. The van der Waals surface area contributed by atoms with Crippen molar-refractivity contribution in [3.8, 4) is 5.75 Å². The molecule has 0 heterocycles. The van der Waals surface area contributed by atoms with Gasteiger partial charge in [-0.05, 0) is 25.5 Å². The van der Waals surface area contributed by atoms with Crippen molar-refractivity contribution in [2.24, 2.45) is 0 Å². The standard InChI is InChI=1S/C18H30O6S.Na.H/c1-4-6-7-8-9-13-16-22-25(19,20)24-18(3,21-5-2)23-17-14-11-10-12-15-17;;/h10-12,14-15H,4-9,13,16H2,1-3H3;;/q;+1;-1. The second-order valence-corrected chi connectivity index (χ2v) is 7.01. The van der Waals surface area contributed by atoms with E-state index < -0.39 is 16.4 Å². The molecule has 0 amide bonds. The van der Waals surface area contributed by atoms with Gasteiger partial charge in [-0.1, -0.05) is 57.2 Å². The van der Waals surface area contributed by atoms with Gasteiger partial charge in [-0.2, -0.15) is 12.6 Å². The zero-order chi connectivity index (χ0) is 18.6. The van der Waals surface area contributed by atoms with E-state index in [-0.39, 0.29) is 44.2 Å². The largest absolute Gasteiger partial charge is 1.00 e. The number of para-hydroxylation sites is 1. The van der Waals surface area contributed by atoms with E-state index >= 15 is 0 Å². The average molecular weight is 398 g/mol. The topological polar surface area (TPSA) is 71.1 Å². The predicted octanol–water partition coefficient (Wildman–Crippen LogP) is 1.53. The molecule has 0 aromatic heterocycles. The second kappa shape index (κ2) is 13.9. The molecule has 0 N–H and O–H groups in total. The van der Waals surface area contributed by atoms with E-state index in [4.69, 9.17) is 17.8 Å². The Hall–Kier alpha value is -0.150. The van der Waals surface area contributed by atoms with Crippen molar-refractivity contribution in [2.45, 2.75) is 65.3 Å². The number of hydrogen-bond donors (Lipinski definition) is 0. The smallest absolute Gasteiger partial charge is 1.00 e. The van der Waals surface area contributed by atoms with Gasteiger partial charge in [0.2, 0.25) is 0 Å². The molecule has 0 saturated heterocycles. The monoisotopic (exact) mass is 398 g/mol. The van der Waals surface area contributed by atoms with Crippen LogP contribution in [0.4, 0.5) is 0 Å². The van der Waals surface area contributed by atoms with Gasteiger partial charge in [0.25, 0.3) is 0 Å². The molecule has 0 spiro atoms. The SMILES string of the molecule is CCCCCCCCOS(=O)(=O)OC(C)(OCC)Oc1ccccc1.[H-].[Na+]. The van der Waals surface area contributed by atoms with Gasteiger partial charge in [-0.25, -0.2) is 4.18 Å². The number of rotatable bonds is 14. The van der Waals surface area contributed by atoms with Crippen molar-refractivity contribution in [3.63, 3.8) is 0 Å². The molecule has 1 aromatic carbocycles. The molecule has 1 atom stereocenters. The van der Waals surface area contributed by atoms with E-state index in [2.05, 4.69) is 6.92 Å². The minimum absolute atomic E-state index is 0. The summed E-state index contributed by atoms with van der Waals surface area (Å²) in [5, 5.41) is 0. The maximum Gasteiger partial charge on any atom is 1.00 e. The van der Waals surface area contributed by atoms with Crippen LogP contribution in [0.5, 0.6) is 5.75 Å². The van der Waals surface area contributed by atoms with Crippen molar-refractivity contribution in [1.29, 1.82) is 0 Å². The zero-order valence-electron chi connectivity index (χ0n) is 17.4. The Kier molecular flexibility index (Phi) is 13.9. The molecule has 1 rings (SSSR count). The maximum atomic E-state index is 12.0. The Balaban J connectivity index is 0. The molecule has 0 radical (unpaired) electrons. The molecule has 8 heteroatoms. The van der Waals surface area contributed by atoms with Crippen molar-refractivity contribution in [1.82, 2.24) is 0 Å². The van der Waals surface area contributed by atoms with Crippen LogP contribution in [0.1, 0.15) is 60.7 Å². The Morgan fingerprint density at radius 2 is 1.62 bits per heavy atom. The van der Waals surface area contributed by atoms with Crippen molar-refractivity contribution >= 4 is 10.4 Å². The van der Waals surface area contributed by atoms with Crippen molar-refractivity contribution < 1.29 is 57.2 Å². The third kappa shape index (κ3) is 11.5. The van der Waals surface area contributed by atoms with Crippen LogP contribution in [0, 0.1) is 0 Å². The first-order chi connectivity index (χ1) is 11.9. The van der Waals surface area contributed by atoms with Gasteiger partial charge in [-0.3, -0.25) is 0 Å². The molecule has 0 saturated carbocycles. The van der Waals surface area contributed by atoms with Gasteiger partial charge in [0.1, 0.15) is 5.75 Å². The molecule has 0 fully saturated rings. The maximum absolute atomic E-state index is 12.0. The Morgan fingerprint density at radius 1 is 1.00 bits per heavy atom.